The molecule has 2 rings (SSSR count). The van der Waals surface area contributed by atoms with Gasteiger partial charge in [-0.15, -0.1) is 5.53 Å². The van der Waals surface area contributed by atoms with E-state index < -0.39 is 5.97 Å². The Bertz CT molecular complexity index is 406. The van der Waals surface area contributed by atoms with Gasteiger partial charge in [0.25, 0.3) is 0 Å². The van der Waals surface area contributed by atoms with Crippen molar-refractivity contribution >= 4 is 23.2 Å². The third kappa shape index (κ3) is 1.73. The van der Waals surface area contributed by atoms with Crippen molar-refractivity contribution in [3.05, 3.63) is 23.8 Å². The summed E-state index contributed by atoms with van der Waals surface area (Å²) in [6.07, 6.45) is 3.09. The van der Waals surface area contributed by atoms with Crippen LogP contribution in [0.25, 0.3) is 0 Å². The minimum Gasteiger partial charge on any atom is -0.478 e. The van der Waals surface area contributed by atoms with E-state index in [0.29, 0.717) is 12.6 Å². The zero-order valence-electron chi connectivity index (χ0n) is 8.43. The van der Waals surface area contributed by atoms with E-state index in [-0.39, 0.29) is 10.6 Å². The van der Waals surface area contributed by atoms with Crippen LogP contribution < -0.4 is 10.9 Å². The van der Waals surface area contributed by atoms with Crippen LogP contribution in [0.3, 0.4) is 0 Å². The van der Waals surface area contributed by atoms with Crippen molar-refractivity contribution in [3.63, 3.8) is 0 Å². The molecule has 0 radical (unpaired) electrons. The van der Waals surface area contributed by atoms with E-state index in [1.165, 1.54) is 11.2 Å². The third-order valence-corrected chi connectivity index (χ3v) is 2.45. The number of thiocarbonyl (C=S) groups is 1. The number of methoxy groups -OCH3 is 1. The summed E-state index contributed by atoms with van der Waals surface area (Å²) in [5.41, 5.74) is 2.91. The number of carboxylic acid groups (broad SMARTS) is 1. The van der Waals surface area contributed by atoms with Crippen LogP contribution in [0.1, 0.15) is 0 Å². The summed E-state index contributed by atoms with van der Waals surface area (Å²) in [4.78, 5) is 11.1. The highest BCUT2D eigenvalue weighted by atomic mass is 32.1. The summed E-state index contributed by atoms with van der Waals surface area (Å²) >= 11 is 5.04. The zero-order valence-corrected chi connectivity index (χ0v) is 9.24. The summed E-state index contributed by atoms with van der Waals surface area (Å²) in [6.45, 7) is 0.326. The molecule has 0 unspecified atom stereocenters. The van der Waals surface area contributed by atoms with E-state index in [4.69, 9.17) is 22.1 Å². The van der Waals surface area contributed by atoms with Crippen LogP contribution in [0.2, 0.25) is 0 Å². The maximum absolute atomic E-state index is 10.9. The van der Waals surface area contributed by atoms with Crippen LogP contribution in [-0.2, 0) is 9.53 Å². The summed E-state index contributed by atoms with van der Waals surface area (Å²) in [5.74, 6) is -0.407. The summed E-state index contributed by atoms with van der Waals surface area (Å²) in [5, 5.41) is 14.8. The molecule has 0 saturated carbocycles. The van der Waals surface area contributed by atoms with E-state index in [2.05, 4.69) is 10.9 Å². The lowest BCUT2D eigenvalue weighted by Gasteiger charge is -2.27. The number of hydrogen-bond acceptors (Lipinski definition) is 6. The normalized spacial score (nSPS) is 18.9. The maximum Gasteiger partial charge on any atom is 0.340 e. The van der Waals surface area contributed by atoms with Crippen LogP contribution >= 0.6 is 12.2 Å². The van der Waals surface area contributed by atoms with Gasteiger partial charge in [-0.05, 0) is 0 Å². The first-order valence-corrected chi connectivity index (χ1v) is 4.82. The van der Waals surface area contributed by atoms with Crippen LogP contribution in [0.15, 0.2) is 23.8 Å². The molecule has 3 N–H and O–H groups in total. The van der Waals surface area contributed by atoms with Crippen LogP contribution in [0.4, 0.5) is 0 Å². The Morgan fingerprint density at radius 3 is 3.06 bits per heavy atom. The number of hydrazine groups is 2. The van der Waals surface area contributed by atoms with Crippen molar-refractivity contribution in [2.75, 3.05) is 13.8 Å². The number of ether oxygens (including phenoxy) is 1. The molecule has 0 aromatic heterocycles. The molecule has 8 heteroatoms. The Hall–Kier alpha value is -1.64. The fourth-order valence-corrected chi connectivity index (χ4v) is 1.65. The van der Waals surface area contributed by atoms with Gasteiger partial charge in [0.2, 0.25) is 0 Å². The number of fused-ring (bicyclic) bond motifs is 1. The number of hydrogen-bond donors (Lipinski definition) is 3. The monoisotopic (exact) mass is 242 g/mol. The first kappa shape index (κ1) is 10.9. The molecule has 0 aliphatic carbocycles. The van der Waals surface area contributed by atoms with Crippen molar-refractivity contribution < 1.29 is 14.6 Å². The van der Waals surface area contributed by atoms with E-state index in [0.717, 1.165) is 0 Å². The third-order valence-electron chi connectivity index (χ3n) is 2.04. The van der Waals surface area contributed by atoms with E-state index >= 15 is 0 Å². The summed E-state index contributed by atoms with van der Waals surface area (Å²) < 4.78 is 4.93. The van der Waals surface area contributed by atoms with Gasteiger partial charge in [0.15, 0.2) is 0 Å². The number of aliphatic carboxylic acids is 1. The van der Waals surface area contributed by atoms with Crippen LogP contribution in [-0.4, -0.2) is 39.9 Å². The van der Waals surface area contributed by atoms with Gasteiger partial charge in [0.1, 0.15) is 23.1 Å². The largest absolute Gasteiger partial charge is 0.478 e. The highest BCUT2D eigenvalue weighted by Crippen LogP contribution is 2.18. The van der Waals surface area contributed by atoms with E-state index in [1.807, 2.05) is 0 Å². The standard InChI is InChI=1S/C8H10N4O3S/c1-15-4-11-3-6-9-2-5(8(13)14)7(16)12(6)10-11/h2-3,9-10H,4H2,1H3,(H,13,14). The first-order valence-electron chi connectivity index (χ1n) is 4.41. The molecule has 0 amide bonds. The highest BCUT2D eigenvalue weighted by molar-refractivity contribution is 7.80. The molecule has 2 aliphatic heterocycles. The Morgan fingerprint density at radius 1 is 1.69 bits per heavy atom. The van der Waals surface area contributed by atoms with Crippen LogP contribution in [0, 0.1) is 0 Å². The quantitative estimate of drug-likeness (QED) is 0.562. The van der Waals surface area contributed by atoms with Gasteiger partial charge in [0, 0.05) is 13.3 Å². The van der Waals surface area contributed by atoms with Gasteiger partial charge in [-0.25, -0.2) is 9.80 Å². The second-order valence-electron chi connectivity index (χ2n) is 3.15. The predicted molar refractivity (Wildman–Crippen MR) is 58.2 cm³/mol. The molecule has 7 nitrogen and oxygen atoms in total. The fourth-order valence-electron chi connectivity index (χ4n) is 1.36. The average molecular weight is 242 g/mol. The lowest BCUT2D eigenvalue weighted by Crippen LogP contribution is -2.48. The van der Waals surface area contributed by atoms with Crippen LogP contribution in [0.5, 0.6) is 0 Å². The molecule has 0 fully saturated rings. The lowest BCUT2D eigenvalue weighted by atomic mass is 10.2. The molecule has 0 atom stereocenters. The Balaban J connectivity index is 2.16. The smallest absolute Gasteiger partial charge is 0.340 e. The number of carboxylic acids is 1. The molecular formula is C8H10N4O3S. The van der Waals surface area contributed by atoms with E-state index in [9.17, 15) is 4.79 Å². The second kappa shape index (κ2) is 4.08. The average Bonchev–Trinajstić information content (AvgIpc) is 2.62. The van der Waals surface area contributed by atoms with Crippen molar-refractivity contribution in [2.45, 2.75) is 0 Å². The molecule has 0 bridgehead atoms. The molecule has 86 valence electrons. The molecule has 0 aromatic rings. The molecule has 0 saturated heterocycles. The molecule has 0 aromatic carbocycles. The van der Waals surface area contributed by atoms with Crippen molar-refractivity contribution in [3.8, 4) is 0 Å². The highest BCUT2D eigenvalue weighted by Gasteiger charge is 2.31. The fraction of sp³-hybridized carbons (Fsp3) is 0.250. The minimum absolute atomic E-state index is 0.0407. The number of carbonyl (C=O) groups is 1. The summed E-state index contributed by atoms with van der Waals surface area (Å²) in [7, 11) is 1.56. The van der Waals surface area contributed by atoms with Crippen molar-refractivity contribution in [1.29, 1.82) is 0 Å². The minimum atomic E-state index is -1.07. The molecule has 2 aliphatic rings. The number of rotatable bonds is 3. The van der Waals surface area contributed by atoms with E-state index in [1.54, 1.807) is 18.3 Å². The van der Waals surface area contributed by atoms with Crippen molar-refractivity contribution in [2.24, 2.45) is 0 Å². The Kier molecular flexibility index (Phi) is 2.77. The van der Waals surface area contributed by atoms with Gasteiger partial charge in [-0.1, -0.05) is 12.2 Å². The molecule has 16 heavy (non-hydrogen) atoms. The van der Waals surface area contributed by atoms with Gasteiger partial charge in [-0.3, -0.25) is 5.01 Å². The van der Waals surface area contributed by atoms with Gasteiger partial charge < -0.3 is 15.2 Å². The molecular weight excluding hydrogens is 232 g/mol. The zero-order chi connectivity index (χ0) is 11.7. The van der Waals surface area contributed by atoms with Gasteiger partial charge in [-0.2, -0.15) is 0 Å². The predicted octanol–water partition coefficient (Wildman–Crippen LogP) is -0.674. The SMILES string of the molecule is COCN1C=C2NC=C(C(=O)O)C(=S)N2N1. The maximum atomic E-state index is 10.9. The molecule has 0 spiro atoms. The first-order chi connectivity index (χ1) is 7.63. The number of nitrogens with zero attached hydrogens (tertiary/aromatic N) is 2. The Labute approximate surface area is 96.9 Å². The lowest BCUT2D eigenvalue weighted by molar-refractivity contribution is -0.132. The van der Waals surface area contributed by atoms with Gasteiger partial charge in [0.05, 0.1) is 6.20 Å². The number of nitrogens with one attached hydrogen (secondary N) is 2. The van der Waals surface area contributed by atoms with Gasteiger partial charge >= 0.3 is 5.97 Å². The second-order valence-corrected chi connectivity index (χ2v) is 3.54. The Morgan fingerprint density at radius 2 is 2.44 bits per heavy atom. The van der Waals surface area contributed by atoms with Crippen molar-refractivity contribution in [1.82, 2.24) is 20.9 Å². The summed E-state index contributed by atoms with van der Waals surface area (Å²) in [6, 6.07) is 0. The molecule has 2 heterocycles. The topological polar surface area (TPSA) is 77.1 Å².